The van der Waals surface area contributed by atoms with Crippen LogP contribution in [0.3, 0.4) is 0 Å². The van der Waals surface area contributed by atoms with Crippen molar-refractivity contribution in [2.75, 3.05) is 6.61 Å². The molecule has 1 saturated heterocycles. The first-order chi connectivity index (χ1) is 8.44. The van der Waals surface area contributed by atoms with E-state index in [1.807, 2.05) is 0 Å². The van der Waals surface area contributed by atoms with Crippen molar-refractivity contribution in [1.82, 2.24) is 4.90 Å². The molecule has 0 radical (unpaired) electrons. The van der Waals surface area contributed by atoms with E-state index in [9.17, 15) is 20.1 Å². The Labute approximate surface area is 101 Å². The van der Waals surface area contributed by atoms with Crippen LogP contribution in [0.25, 0.3) is 0 Å². The van der Waals surface area contributed by atoms with E-state index < -0.39 is 36.6 Å². The molecule has 98 valence electrons. The van der Waals surface area contributed by atoms with E-state index >= 15 is 0 Å². The number of rotatable bonds is 3. The molecule has 18 heavy (non-hydrogen) atoms. The number of hydrogen-bond acceptors (Lipinski definition) is 8. The molecule has 0 aliphatic carbocycles. The summed E-state index contributed by atoms with van der Waals surface area (Å²) in [6.07, 6.45) is -1.33. The average Bonchev–Trinajstić information content (AvgIpc) is 2.85. The summed E-state index contributed by atoms with van der Waals surface area (Å²) in [5.74, 6) is -1.51. The van der Waals surface area contributed by atoms with Gasteiger partial charge in [-0.25, -0.2) is 0 Å². The van der Waals surface area contributed by atoms with Gasteiger partial charge in [0, 0.05) is 0 Å². The average molecular weight is 258 g/mol. The third-order valence-corrected chi connectivity index (χ3v) is 2.92. The van der Waals surface area contributed by atoms with Gasteiger partial charge in [0.25, 0.3) is 12.2 Å². The molecular formula is C9H12N3O6+. The van der Waals surface area contributed by atoms with E-state index in [4.69, 9.17) is 15.6 Å². The zero-order valence-electron chi connectivity index (χ0n) is 9.09. The number of carbonyl (C=O) groups excluding carboxylic acids is 1. The number of nitrogens with two attached hydrogens (primary N) is 1. The molecule has 9 nitrogen and oxygen atoms in total. The van der Waals surface area contributed by atoms with Crippen molar-refractivity contribution >= 4 is 12.2 Å². The number of primary amides is 1. The first kappa shape index (κ1) is 12.7. The number of nitrogens with zero attached hydrogens (tertiary/aromatic N) is 2. The zero-order valence-corrected chi connectivity index (χ0v) is 9.09. The number of amides is 1. The summed E-state index contributed by atoms with van der Waals surface area (Å²) in [5.41, 5.74) is 2.93. The van der Waals surface area contributed by atoms with Crippen molar-refractivity contribution in [3.63, 3.8) is 0 Å². The Bertz CT molecular complexity index is 425. The van der Waals surface area contributed by atoms with Crippen LogP contribution in [0.5, 0.6) is 0 Å². The first-order valence-corrected chi connectivity index (χ1v) is 5.02. The quantitative estimate of drug-likeness (QED) is 0.336. The lowest BCUT2D eigenvalue weighted by Crippen LogP contribution is -2.56. The Morgan fingerprint density at radius 1 is 1.67 bits per heavy atom. The van der Waals surface area contributed by atoms with E-state index in [0.717, 1.165) is 11.1 Å². The molecule has 2 aliphatic heterocycles. The lowest BCUT2D eigenvalue weighted by molar-refractivity contribution is -0.165. The molecular weight excluding hydrogens is 246 g/mol. The molecule has 0 aromatic carbocycles. The monoisotopic (exact) mass is 258 g/mol. The van der Waals surface area contributed by atoms with Gasteiger partial charge < -0.3 is 30.9 Å². The van der Waals surface area contributed by atoms with Gasteiger partial charge in [-0.1, -0.05) is 0 Å². The standard InChI is InChI=1S/C9H11N3O6/c10-8(17)9(2-13)6(16)5(15)7(18-9)12-3-11-1-4(12)14/h1,5-7,13,15-16H,2H2,(H2-,10,14,17)/p+1/t5-,6+,7-,9-/m1/s1. The Morgan fingerprint density at radius 2 is 2.33 bits per heavy atom. The fourth-order valence-electron chi connectivity index (χ4n) is 1.85. The van der Waals surface area contributed by atoms with Gasteiger partial charge in [-0.2, -0.15) is 0 Å². The van der Waals surface area contributed by atoms with Crippen molar-refractivity contribution in [2.24, 2.45) is 10.7 Å². The smallest absolute Gasteiger partial charge is 0.373 e. The van der Waals surface area contributed by atoms with Gasteiger partial charge in [-0.05, 0) is 4.99 Å². The molecule has 0 aromatic rings. The molecule has 1 amide bonds. The SMILES string of the molecule is NC(=O)[C@]1(CO)O[C@@H](N2[C+]=NC=C2O)[C@H](O)[C@@H]1O. The fourth-order valence-corrected chi connectivity index (χ4v) is 1.85. The molecule has 0 saturated carbocycles. The predicted octanol–water partition coefficient (Wildman–Crippen LogP) is -3.14. The van der Waals surface area contributed by atoms with Crippen molar-refractivity contribution in [1.29, 1.82) is 0 Å². The molecule has 2 rings (SSSR count). The largest absolute Gasteiger partial charge is 0.424 e. The molecule has 6 N–H and O–H groups in total. The highest BCUT2D eigenvalue weighted by molar-refractivity contribution is 5.85. The molecule has 1 fully saturated rings. The molecule has 0 aromatic heterocycles. The highest BCUT2D eigenvalue weighted by Gasteiger charge is 2.61. The van der Waals surface area contributed by atoms with Crippen molar-refractivity contribution in [2.45, 2.75) is 24.0 Å². The Kier molecular flexibility index (Phi) is 2.93. The van der Waals surface area contributed by atoms with Gasteiger partial charge >= 0.3 is 5.88 Å². The van der Waals surface area contributed by atoms with E-state index in [1.54, 1.807) is 0 Å². The second-order valence-corrected chi connectivity index (χ2v) is 3.94. The van der Waals surface area contributed by atoms with Gasteiger partial charge in [0.1, 0.15) is 12.2 Å². The third-order valence-electron chi connectivity index (χ3n) is 2.92. The summed E-state index contributed by atoms with van der Waals surface area (Å²) in [7, 11) is 0. The minimum Gasteiger partial charge on any atom is -0.424 e. The van der Waals surface area contributed by atoms with Gasteiger partial charge in [0.15, 0.2) is 5.60 Å². The van der Waals surface area contributed by atoms with Crippen molar-refractivity contribution in [3.8, 4) is 0 Å². The van der Waals surface area contributed by atoms with Crippen LogP contribution in [-0.4, -0.2) is 68.2 Å². The molecule has 0 bridgehead atoms. The van der Waals surface area contributed by atoms with Crippen LogP contribution in [0.1, 0.15) is 0 Å². The first-order valence-electron chi connectivity index (χ1n) is 5.02. The van der Waals surface area contributed by atoms with E-state index in [2.05, 4.69) is 11.3 Å². The second kappa shape index (κ2) is 4.16. The van der Waals surface area contributed by atoms with Crippen molar-refractivity contribution < 1.29 is 30.0 Å². The minimum atomic E-state index is -2.13. The summed E-state index contributed by atoms with van der Waals surface area (Å²) < 4.78 is 5.12. The van der Waals surface area contributed by atoms with Gasteiger partial charge in [0.2, 0.25) is 12.4 Å². The molecule has 9 heteroatoms. The summed E-state index contributed by atoms with van der Waals surface area (Å²) in [5, 5.41) is 38.1. The molecule has 0 unspecified atom stereocenters. The fraction of sp³-hybridized carbons (Fsp3) is 0.556. The van der Waals surface area contributed by atoms with Gasteiger partial charge in [-0.15, -0.1) is 4.90 Å². The van der Waals surface area contributed by atoms with E-state index in [-0.39, 0.29) is 5.88 Å². The summed E-state index contributed by atoms with van der Waals surface area (Å²) in [4.78, 5) is 15.6. The number of carbonyl (C=O) groups is 1. The Hall–Kier alpha value is -1.77. The van der Waals surface area contributed by atoms with Crippen LogP contribution < -0.4 is 5.73 Å². The maximum Gasteiger partial charge on any atom is 0.373 e. The molecule has 2 heterocycles. The number of aliphatic hydroxyl groups excluding tert-OH is 4. The summed E-state index contributed by atoms with van der Waals surface area (Å²) in [6, 6.07) is 0. The predicted molar refractivity (Wildman–Crippen MR) is 55.9 cm³/mol. The Morgan fingerprint density at radius 3 is 2.72 bits per heavy atom. The number of aliphatic hydroxyl groups is 4. The lowest BCUT2D eigenvalue weighted by Gasteiger charge is -2.25. The van der Waals surface area contributed by atoms with Crippen molar-refractivity contribution in [3.05, 3.63) is 12.1 Å². The normalized spacial score (nSPS) is 38.7. The molecule has 2 aliphatic rings. The van der Waals surface area contributed by atoms with Crippen LogP contribution in [0.2, 0.25) is 0 Å². The molecule has 4 atom stereocenters. The third kappa shape index (κ3) is 1.54. The zero-order chi connectivity index (χ0) is 13.5. The Balaban J connectivity index is 2.29. The highest BCUT2D eigenvalue weighted by Crippen LogP contribution is 2.34. The maximum atomic E-state index is 11.3. The number of hydrogen-bond donors (Lipinski definition) is 5. The van der Waals surface area contributed by atoms with Gasteiger partial charge in [0.05, 0.1) is 6.61 Å². The second-order valence-electron chi connectivity index (χ2n) is 3.94. The van der Waals surface area contributed by atoms with Crippen LogP contribution >= 0.6 is 0 Å². The van der Waals surface area contributed by atoms with Crippen LogP contribution in [0.15, 0.2) is 17.1 Å². The number of aliphatic imine (C=N–C) groups is 1. The lowest BCUT2D eigenvalue weighted by atomic mass is 9.95. The highest BCUT2D eigenvalue weighted by atomic mass is 16.6. The minimum absolute atomic E-state index is 0.385. The topological polar surface area (TPSA) is 149 Å². The van der Waals surface area contributed by atoms with Gasteiger partial charge in [-0.3, -0.25) is 4.79 Å². The van der Waals surface area contributed by atoms with Crippen LogP contribution in [-0.2, 0) is 9.53 Å². The summed E-state index contributed by atoms with van der Waals surface area (Å²) >= 11 is 0. The number of ether oxygens (including phenoxy) is 1. The summed E-state index contributed by atoms with van der Waals surface area (Å²) in [6.45, 7) is -0.910. The molecule has 0 spiro atoms. The van der Waals surface area contributed by atoms with E-state index in [1.165, 1.54) is 0 Å². The van der Waals surface area contributed by atoms with Crippen LogP contribution in [0.4, 0.5) is 0 Å². The maximum absolute atomic E-state index is 11.3. The van der Waals surface area contributed by atoms with Crippen LogP contribution in [0, 0.1) is 0 Å². The van der Waals surface area contributed by atoms with E-state index in [0.29, 0.717) is 0 Å².